The number of rotatable bonds is 1. The molecule has 1 aromatic rings. The summed E-state index contributed by atoms with van der Waals surface area (Å²) < 4.78 is 0. The van der Waals surface area contributed by atoms with Crippen molar-refractivity contribution in [2.75, 3.05) is 6.54 Å². The van der Waals surface area contributed by atoms with Crippen molar-refractivity contribution in [3.8, 4) is 0 Å². The van der Waals surface area contributed by atoms with Gasteiger partial charge in [0.1, 0.15) is 0 Å². The van der Waals surface area contributed by atoms with Crippen molar-refractivity contribution in [1.29, 1.82) is 0 Å². The van der Waals surface area contributed by atoms with E-state index >= 15 is 0 Å². The van der Waals surface area contributed by atoms with E-state index in [9.17, 15) is 4.79 Å². The molecule has 3 unspecified atom stereocenters. The van der Waals surface area contributed by atoms with Crippen LogP contribution in [0.4, 0.5) is 0 Å². The first kappa shape index (κ1) is 17.2. The minimum Gasteiger partial charge on any atom is -0.335 e. The largest absolute Gasteiger partial charge is 0.335 e. The third-order valence-electron chi connectivity index (χ3n) is 6.32. The number of nitrogens with two attached hydrogens (primary N) is 1. The Labute approximate surface area is 149 Å². The molecule has 2 fully saturated rings. The Kier molecular flexibility index (Phi) is 5.05. The summed E-state index contributed by atoms with van der Waals surface area (Å²) >= 11 is 1.84. The van der Waals surface area contributed by atoms with Crippen molar-refractivity contribution >= 4 is 29.7 Å². The standard InChI is InChI=1S/C18H26N2OS.ClH/c1-11-15-6-8-22-16(15)5-7-20(11)18(21)14-9-12-3-2-4-13(10-14)17(12)19;/h6,8,11-14,17H,2-5,7,9-10,19H2,1H3;1H. The molecule has 0 radical (unpaired) electrons. The van der Waals surface area contributed by atoms with Gasteiger partial charge in [0.25, 0.3) is 0 Å². The molecule has 1 aliphatic heterocycles. The van der Waals surface area contributed by atoms with E-state index in [-0.39, 0.29) is 24.4 Å². The molecule has 3 nitrogen and oxygen atoms in total. The lowest BCUT2D eigenvalue weighted by Gasteiger charge is -2.45. The van der Waals surface area contributed by atoms with E-state index in [2.05, 4.69) is 23.3 Å². The Morgan fingerprint density at radius 1 is 1.30 bits per heavy atom. The maximum Gasteiger partial charge on any atom is 0.226 e. The smallest absolute Gasteiger partial charge is 0.226 e. The van der Waals surface area contributed by atoms with Crippen LogP contribution in [0, 0.1) is 17.8 Å². The van der Waals surface area contributed by atoms with Crippen LogP contribution in [0.25, 0.3) is 0 Å². The zero-order valence-corrected chi connectivity index (χ0v) is 15.4. The highest BCUT2D eigenvalue weighted by Crippen LogP contribution is 2.43. The summed E-state index contributed by atoms with van der Waals surface area (Å²) in [6.45, 7) is 3.09. The van der Waals surface area contributed by atoms with E-state index in [1.165, 1.54) is 29.7 Å². The zero-order chi connectivity index (χ0) is 15.3. The van der Waals surface area contributed by atoms with Crippen molar-refractivity contribution in [1.82, 2.24) is 4.90 Å². The summed E-state index contributed by atoms with van der Waals surface area (Å²) in [6, 6.07) is 2.80. The van der Waals surface area contributed by atoms with Crippen LogP contribution in [0.3, 0.4) is 0 Å². The van der Waals surface area contributed by atoms with Crippen LogP contribution in [-0.4, -0.2) is 23.4 Å². The number of carbonyl (C=O) groups is 1. The van der Waals surface area contributed by atoms with E-state index in [1.807, 2.05) is 11.3 Å². The van der Waals surface area contributed by atoms with E-state index in [1.54, 1.807) is 0 Å². The van der Waals surface area contributed by atoms with Crippen molar-refractivity contribution < 1.29 is 4.79 Å². The Morgan fingerprint density at radius 3 is 2.70 bits per heavy atom. The molecular weight excluding hydrogens is 328 g/mol. The van der Waals surface area contributed by atoms with Crippen LogP contribution >= 0.6 is 23.7 Å². The highest BCUT2D eigenvalue weighted by atomic mass is 35.5. The summed E-state index contributed by atoms with van der Waals surface area (Å²) in [4.78, 5) is 16.7. The molecule has 0 saturated heterocycles. The van der Waals surface area contributed by atoms with Crippen molar-refractivity contribution in [3.05, 3.63) is 21.9 Å². The molecule has 23 heavy (non-hydrogen) atoms. The number of amides is 1. The van der Waals surface area contributed by atoms with E-state index in [4.69, 9.17) is 5.73 Å². The van der Waals surface area contributed by atoms with Gasteiger partial charge in [0, 0.05) is 23.4 Å². The minimum absolute atomic E-state index is 0. The highest BCUT2D eigenvalue weighted by molar-refractivity contribution is 7.10. The molecular formula is C18H27ClN2OS. The Balaban J connectivity index is 0.00000156. The second kappa shape index (κ2) is 6.73. The van der Waals surface area contributed by atoms with Crippen molar-refractivity contribution in [2.24, 2.45) is 23.5 Å². The molecule has 5 heteroatoms. The van der Waals surface area contributed by atoms with Gasteiger partial charge >= 0.3 is 0 Å². The normalized spacial score (nSPS) is 36.1. The number of nitrogens with zero attached hydrogens (tertiary/aromatic N) is 1. The van der Waals surface area contributed by atoms with Crippen LogP contribution in [-0.2, 0) is 11.2 Å². The van der Waals surface area contributed by atoms with Gasteiger partial charge in [-0.15, -0.1) is 23.7 Å². The maximum atomic E-state index is 13.1. The highest BCUT2D eigenvalue weighted by Gasteiger charge is 2.42. The average molecular weight is 355 g/mol. The topological polar surface area (TPSA) is 46.3 Å². The third kappa shape index (κ3) is 2.94. The molecule has 4 rings (SSSR count). The van der Waals surface area contributed by atoms with Gasteiger partial charge in [-0.05, 0) is 67.9 Å². The van der Waals surface area contributed by atoms with Gasteiger partial charge in [-0.2, -0.15) is 0 Å². The van der Waals surface area contributed by atoms with Gasteiger partial charge in [-0.25, -0.2) is 0 Å². The molecule has 128 valence electrons. The van der Waals surface area contributed by atoms with Crippen LogP contribution < -0.4 is 5.73 Å². The fraction of sp³-hybridized carbons (Fsp3) is 0.722. The SMILES string of the molecule is CC1c2ccsc2CCN1C(=O)C1CC2CCCC(C1)C2N.Cl. The van der Waals surface area contributed by atoms with Gasteiger partial charge in [-0.1, -0.05) is 6.42 Å². The summed E-state index contributed by atoms with van der Waals surface area (Å²) in [5, 5.41) is 2.17. The van der Waals surface area contributed by atoms with Crippen LogP contribution in [0.1, 0.15) is 55.5 Å². The third-order valence-corrected chi connectivity index (χ3v) is 7.32. The molecule has 0 aromatic carbocycles. The molecule has 3 aliphatic rings. The van der Waals surface area contributed by atoms with Crippen LogP contribution in [0.2, 0.25) is 0 Å². The predicted molar refractivity (Wildman–Crippen MR) is 96.9 cm³/mol. The predicted octanol–water partition coefficient (Wildman–Crippen LogP) is 3.77. The second-order valence-electron chi connectivity index (χ2n) is 7.45. The lowest BCUT2D eigenvalue weighted by Crippen LogP contribution is -2.50. The molecule has 2 bridgehead atoms. The molecule has 3 atom stereocenters. The zero-order valence-electron chi connectivity index (χ0n) is 13.7. The average Bonchev–Trinajstić information content (AvgIpc) is 2.96. The van der Waals surface area contributed by atoms with Gasteiger partial charge < -0.3 is 10.6 Å². The Morgan fingerprint density at radius 2 is 2.00 bits per heavy atom. The molecule has 2 N–H and O–H groups in total. The van der Waals surface area contributed by atoms with Crippen molar-refractivity contribution in [2.45, 2.75) is 57.5 Å². The monoisotopic (exact) mass is 354 g/mol. The van der Waals surface area contributed by atoms with E-state index < -0.39 is 0 Å². The number of halogens is 1. The molecule has 2 aliphatic carbocycles. The van der Waals surface area contributed by atoms with E-state index in [0.29, 0.717) is 23.8 Å². The summed E-state index contributed by atoms with van der Waals surface area (Å²) in [7, 11) is 0. The maximum absolute atomic E-state index is 13.1. The first-order chi connectivity index (χ1) is 10.6. The number of carbonyl (C=O) groups excluding carboxylic acids is 1. The first-order valence-electron chi connectivity index (χ1n) is 8.77. The molecule has 2 heterocycles. The lowest BCUT2D eigenvalue weighted by molar-refractivity contribution is -0.141. The quantitative estimate of drug-likeness (QED) is 0.834. The summed E-state index contributed by atoms with van der Waals surface area (Å²) in [6.07, 6.45) is 6.84. The molecule has 0 spiro atoms. The van der Waals surface area contributed by atoms with Crippen molar-refractivity contribution in [3.63, 3.8) is 0 Å². The lowest BCUT2D eigenvalue weighted by atomic mass is 9.64. The Hall–Kier alpha value is -0.580. The summed E-state index contributed by atoms with van der Waals surface area (Å²) in [5.74, 6) is 1.78. The number of fused-ring (bicyclic) bond motifs is 3. The molecule has 2 saturated carbocycles. The Bertz CT molecular complexity index is 561. The van der Waals surface area contributed by atoms with Crippen LogP contribution in [0.15, 0.2) is 11.4 Å². The molecule has 1 aromatic heterocycles. The van der Waals surface area contributed by atoms with Gasteiger partial charge in [0.15, 0.2) is 0 Å². The minimum atomic E-state index is 0. The number of thiophene rings is 1. The van der Waals surface area contributed by atoms with Gasteiger partial charge in [0.2, 0.25) is 5.91 Å². The number of hydrogen-bond acceptors (Lipinski definition) is 3. The number of hydrogen-bond donors (Lipinski definition) is 1. The molecule has 1 amide bonds. The fourth-order valence-corrected chi connectivity index (χ4v) is 6.00. The van der Waals surface area contributed by atoms with Gasteiger partial charge in [0.05, 0.1) is 6.04 Å². The second-order valence-corrected chi connectivity index (χ2v) is 8.45. The fourth-order valence-electron chi connectivity index (χ4n) is 5.04. The summed E-state index contributed by atoms with van der Waals surface area (Å²) in [5.41, 5.74) is 7.75. The van der Waals surface area contributed by atoms with Gasteiger partial charge in [-0.3, -0.25) is 4.79 Å². The van der Waals surface area contributed by atoms with Crippen LogP contribution in [0.5, 0.6) is 0 Å². The van der Waals surface area contributed by atoms with E-state index in [0.717, 1.165) is 25.8 Å². The first-order valence-corrected chi connectivity index (χ1v) is 9.65.